The number of aromatic carboxylic acids is 1. The van der Waals surface area contributed by atoms with Crippen LogP contribution in [0.25, 0.3) is 0 Å². The molecule has 0 radical (unpaired) electrons. The van der Waals surface area contributed by atoms with E-state index in [4.69, 9.17) is 5.11 Å². The van der Waals surface area contributed by atoms with Crippen molar-refractivity contribution in [3.8, 4) is 0 Å². The molecule has 0 saturated heterocycles. The highest BCUT2D eigenvalue weighted by Gasteiger charge is 2.15. The van der Waals surface area contributed by atoms with Crippen molar-refractivity contribution in [3.63, 3.8) is 0 Å². The first-order valence-corrected chi connectivity index (χ1v) is 5.82. The fourth-order valence-electron chi connectivity index (χ4n) is 1.95. The smallest absolute Gasteiger partial charge is 0.337 e. The number of rotatable bonds is 3. The van der Waals surface area contributed by atoms with Crippen LogP contribution < -0.4 is 4.90 Å². The molecule has 0 saturated carbocycles. The van der Waals surface area contributed by atoms with Gasteiger partial charge in [0.05, 0.1) is 11.3 Å². The highest BCUT2D eigenvalue weighted by Crippen LogP contribution is 2.28. The molecule has 19 heavy (non-hydrogen) atoms. The lowest BCUT2D eigenvalue weighted by molar-refractivity contribution is 0.0697. The van der Waals surface area contributed by atoms with Gasteiger partial charge >= 0.3 is 5.97 Å². The monoisotopic (exact) mass is 259 g/mol. The Kier molecular flexibility index (Phi) is 3.51. The summed E-state index contributed by atoms with van der Waals surface area (Å²) in [5.41, 5.74) is 2.33. The molecule has 4 heteroatoms. The van der Waals surface area contributed by atoms with E-state index in [0.717, 1.165) is 17.3 Å². The van der Waals surface area contributed by atoms with Crippen LogP contribution in [0.4, 0.5) is 15.8 Å². The summed E-state index contributed by atoms with van der Waals surface area (Å²) < 4.78 is 13.2. The quantitative estimate of drug-likeness (QED) is 0.915. The molecule has 1 N–H and O–H groups in total. The second kappa shape index (κ2) is 5.10. The fraction of sp³-hybridized carbons (Fsp3) is 0.133. The molecule has 98 valence electrons. The van der Waals surface area contributed by atoms with Gasteiger partial charge in [-0.15, -0.1) is 0 Å². The molecule has 0 amide bonds. The summed E-state index contributed by atoms with van der Waals surface area (Å²) in [6.45, 7) is 1.96. The third-order valence-corrected chi connectivity index (χ3v) is 2.94. The minimum atomic E-state index is -1.14. The zero-order valence-corrected chi connectivity index (χ0v) is 10.7. The number of halogens is 1. The van der Waals surface area contributed by atoms with Gasteiger partial charge in [-0.2, -0.15) is 0 Å². The van der Waals surface area contributed by atoms with Crippen molar-refractivity contribution in [2.45, 2.75) is 6.92 Å². The highest BCUT2D eigenvalue weighted by molar-refractivity contribution is 5.95. The highest BCUT2D eigenvalue weighted by atomic mass is 19.1. The van der Waals surface area contributed by atoms with Gasteiger partial charge in [-0.1, -0.05) is 12.1 Å². The molecule has 0 atom stereocenters. The fourth-order valence-corrected chi connectivity index (χ4v) is 1.95. The van der Waals surface area contributed by atoms with Gasteiger partial charge in [0, 0.05) is 12.7 Å². The number of anilines is 2. The van der Waals surface area contributed by atoms with Crippen molar-refractivity contribution in [1.29, 1.82) is 0 Å². The number of carbonyl (C=O) groups is 1. The first-order chi connectivity index (χ1) is 8.99. The van der Waals surface area contributed by atoms with E-state index in [0.29, 0.717) is 5.69 Å². The van der Waals surface area contributed by atoms with E-state index in [-0.39, 0.29) is 5.56 Å². The molecule has 0 spiro atoms. The van der Waals surface area contributed by atoms with Crippen LogP contribution in [-0.2, 0) is 0 Å². The van der Waals surface area contributed by atoms with Crippen molar-refractivity contribution in [2.24, 2.45) is 0 Å². The number of carboxylic acids is 1. The van der Waals surface area contributed by atoms with E-state index < -0.39 is 11.8 Å². The van der Waals surface area contributed by atoms with E-state index in [2.05, 4.69) is 0 Å². The van der Waals surface area contributed by atoms with Crippen LogP contribution in [0.2, 0.25) is 0 Å². The SMILES string of the molecule is Cc1cccc(N(C)c2ccc(F)cc2C(=O)O)c1. The summed E-state index contributed by atoms with van der Waals surface area (Å²) >= 11 is 0. The van der Waals surface area contributed by atoms with E-state index in [9.17, 15) is 9.18 Å². The number of aryl methyl sites for hydroxylation is 1. The zero-order chi connectivity index (χ0) is 14.0. The van der Waals surface area contributed by atoms with Gasteiger partial charge in [0.25, 0.3) is 0 Å². The lowest BCUT2D eigenvalue weighted by Gasteiger charge is -2.21. The van der Waals surface area contributed by atoms with E-state index in [1.165, 1.54) is 12.1 Å². The maximum Gasteiger partial charge on any atom is 0.337 e. The van der Waals surface area contributed by atoms with Crippen LogP contribution in [0.5, 0.6) is 0 Å². The van der Waals surface area contributed by atoms with Gasteiger partial charge in [0.15, 0.2) is 0 Å². The van der Waals surface area contributed by atoms with E-state index >= 15 is 0 Å². The summed E-state index contributed by atoms with van der Waals surface area (Å²) in [4.78, 5) is 12.9. The van der Waals surface area contributed by atoms with Crippen molar-refractivity contribution in [2.75, 3.05) is 11.9 Å². The van der Waals surface area contributed by atoms with Crippen molar-refractivity contribution < 1.29 is 14.3 Å². The lowest BCUT2D eigenvalue weighted by Crippen LogP contribution is -2.14. The van der Waals surface area contributed by atoms with Gasteiger partial charge in [-0.05, 0) is 42.8 Å². The number of benzene rings is 2. The number of nitrogens with zero attached hydrogens (tertiary/aromatic N) is 1. The molecule has 0 bridgehead atoms. The Balaban J connectivity index is 2.49. The van der Waals surface area contributed by atoms with E-state index in [1.807, 2.05) is 31.2 Å². The molecular weight excluding hydrogens is 245 g/mol. The minimum Gasteiger partial charge on any atom is -0.478 e. The molecule has 0 aliphatic carbocycles. The van der Waals surface area contributed by atoms with E-state index in [1.54, 1.807) is 11.9 Å². The molecule has 0 fully saturated rings. The Bertz CT molecular complexity index is 625. The first kappa shape index (κ1) is 13.1. The van der Waals surface area contributed by atoms with Crippen LogP contribution in [0.1, 0.15) is 15.9 Å². The molecule has 0 heterocycles. The van der Waals surface area contributed by atoms with Crippen molar-refractivity contribution in [3.05, 3.63) is 59.4 Å². The van der Waals surface area contributed by atoms with Gasteiger partial charge < -0.3 is 10.0 Å². The Hall–Kier alpha value is -2.36. The molecule has 0 aliphatic rings. The first-order valence-electron chi connectivity index (χ1n) is 5.82. The largest absolute Gasteiger partial charge is 0.478 e. The lowest BCUT2D eigenvalue weighted by atomic mass is 10.1. The van der Waals surface area contributed by atoms with Crippen LogP contribution in [-0.4, -0.2) is 18.1 Å². The Morgan fingerprint density at radius 3 is 2.58 bits per heavy atom. The molecule has 0 unspecified atom stereocenters. The Labute approximate surface area is 110 Å². The van der Waals surface area contributed by atoms with Gasteiger partial charge in [-0.3, -0.25) is 0 Å². The van der Waals surface area contributed by atoms with Crippen LogP contribution in [0.15, 0.2) is 42.5 Å². The van der Waals surface area contributed by atoms with Gasteiger partial charge in [0.2, 0.25) is 0 Å². The predicted octanol–water partition coefficient (Wildman–Crippen LogP) is 3.60. The topological polar surface area (TPSA) is 40.5 Å². The molecule has 0 aliphatic heterocycles. The number of hydrogen-bond donors (Lipinski definition) is 1. The molecular formula is C15H14FNO2. The molecule has 3 nitrogen and oxygen atoms in total. The maximum atomic E-state index is 13.2. The second-order valence-corrected chi connectivity index (χ2v) is 4.36. The summed E-state index contributed by atoms with van der Waals surface area (Å²) in [5.74, 6) is -1.70. The molecule has 2 aromatic rings. The summed E-state index contributed by atoms with van der Waals surface area (Å²) in [5, 5.41) is 9.15. The molecule has 2 aromatic carbocycles. The minimum absolute atomic E-state index is 0.0518. The Morgan fingerprint density at radius 2 is 1.95 bits per heavy atom. The van der Waals surface area contributed by atoms with Crippen LogP contribution in [0, 0.1) is 12.7 Å². The van der Waals surface area contributed by atoms with Crippen molar-refractivity contribution in [1.82, 2.24) is 0 Å². The van der Waals surface area contributed by atoms with Gasteiger partial charge in [-0.25, -0.2) is 9.18 Å². The Morgan fingerprint density at radius 1 is 1.21 bits per heavy atom. The van der Waals surface area contributed by atoms with Gasteiger partial charge in [0.1, 0.15) is 5.82 Å². The third-order valence-electron chi connectivity index (χ3n) is 2.94. The number of hydrogen-bond acceptors (Lipinski definition) is 2. The summed E-state index contributed by atoms with van der Waals surface area (Å²) in [7, 11) is 1.76. The second-order valence-electron chi connectivity index (χ2n) is 4.36. The zero-order valence-electron chi connectivity index (χ0n) is 10.7. The molecule has 2 rings (SSSR count). The van der Waals surface area contributed by atoms with Crippen LogP contribution >= 0.6 is 0 Å². The molecule has 0 aromatic heterocycles. The normalized spacial score (nSPS) is 10.3. The maximum absolute atomic E-state index is 13.2. The van der Waals surface area contributed by atoms with Crippen LogP contribution in [0.3, 0.4) is 0 Å². The average molecular weight is 259 g/mol. The average Bonchev–Trinajstić information content (AvgIpc) is 2.37. The van der Waals surface area contributed by atoms with Crippen molar-refractivity contribution >= 4 is 17.3 Å². The summed E-state index contributed by atoms with van der Waals surface area (Å²) in [6, 6.07) is 11.4. The standard InChI is InChI=1S/C15H14FNO2/c1-10-4-3-5-12(8-10)17(2)14-7-6-11(16)9-13(14)15(18)19/h3-9H,1-2H3,(H,18,19). The predicted molar refractivity (Wildman–Crippen MR) is 72.6 cm³/mol. The third kappa shape index (κ3) is 2.73. The summed E-state index contributed by atoms with van der Waals surface area (Å²) in [6.07, 6.45) is 0. The number of carboxylic acid groups (broad SMARTS) is 1.